The third-order valence-corrected chi connectivity index (χ3v) is 4.06. The van der Waals surface area contributed by atoms with Crippen LogP contribution in [-0.2, 0) is 17.6 Å². The van der Waals surface area contributed by atoms with Gasteiger partial charge in [0.2, 0.25) is 0 Å². The lowest BCUT2D eigenvalue weighted by molar-refractivity contribution is -0.117. The van der Waals surface area contributed by atoms with E-state index in [4.69, 9.17) is 4.74 Å². The van der Waals surface area contributed by atoms with Gasteiger partial charge in [0.25, 0.3) is 5.91 Å². The molecule has 0 aromatic heterocycles. The maximum atomic E-state index is 12.4. The highest BCUT2D eigenvalue weighted by molar-refractivity contribution is 6.01. The van der Waals surface area contributed by atoms with E-state index in [-0.39, 0.29) is 11.3 Å². The number of carbonyl (C=O) groups excluding carboxylic acids is 1. The van der Waals surface area contributed by atoms with Crippen LogP contribution < -0.4 is 10.1 Å². The van der Waals surface area contributed by atoms with E-state index >= 15 is 0 Å². The van der Waals surface area contributed by atoms with Gasteiger partial charge in [-0.15, -0.1) is 6.58 Å². The Morgan fingerprint density at radius 3 is 2.71 bits per heavy atom. The number of allylic oxidation sites excluding steroid dienone is 1. The van der Waals surface area contributed by atoms with Gasteiger partial charge in [0, 0.05) is 12.1 Å². The van der Waals surface area contributed by atoms with E-state index in [1.165, 1.54) is 6.08 Å². The summed E-state index contributed by atoms with van der Waals surface area (Å²) in [6.07, 6.45) is 4.29. The molecule has 0 unspecified atom stereocenters. The highest BCUT2D eigenvalue weighted by Crippen LogP contribution is 2.33. The quantitative estimate of drug-likeness (QED) is 0.396. The Kier molecular flexibility index (Phi) is 7.86. The van der Waals surface area contributed by atoms with E-state index in [1.807, 2.05) is 43.3 Å². The highest BCUT2D eigenvalue weighted by atomic mass is 16.5. The summed E-state index contributed by atoms with van der Waals surface area (Å²) < 4.78 is 5.46. The van der Waals surface area contributed by atoms with Crippen molar-refractivity contribution in [1.82, 2.24) is 5.32 Å². The van der Waals surface area contributed by atoms with Crippen molar-refractivity contribution < 1.29 is 14.6 Å². The monoisotopic (exact) mass is 376 g/mol. The van der Waals surface area contributed by atoms with Gasteiger partial charge in [0.05, 0.1) is 6.61 Å². The SMILES string of the molecule is C=CCc1cc(/C=C(\C#N)C(=O)NCCc2ccccc2)cc(OCC)c1O. The summed E-state index contributed by atoms with van der Waals surface area (Å²) in [5, 5.41) is 22.4. The van der Waals surface area contributed by atoms with Gasteiger partial charge < -0.3 is 15.2 Å². The first-order valence-corrected chi connectivity index (χ1v) is 9.12. The van der Waals surface area contributed by atoms with Crippen LogP contribution in [0.1, 0.15) is 23.6 Å². The van der Waals surface area contributed by atoms with Crippen molar-refractivity contribution in [2.75, 3.05) is 13.2 Å². The average Bonchev–Trinajstić information content (AvgIpc) is 2.70. The molecule has 5 heteroatoms. The van der Waals surface area contributed by atoms with E-state index in [0.717, 1.165) is 5.56 Å². The van der Waals surface area contributed by atoms with E-state index in [2.05, 4.69) is 11.9 Å². The Bertz CT molecular complexity index is 896. The van der Waals surface area contributed by atoms with Crippen LogP contribution in [-0.4, -0.2) is 24.2 Å². The molecule has 28 heavy (non-hydrogen) atoms. The van der Waals surface area contributed by atoms with Crippen LogP contribution in [0.4, 0.5) is 0 Å². The van der Waals surface area contributed by atoms with Crippen molar-refractivity contribution in [3.8, 4) is 17.6 Å². The molecule has 1 amide bonds. The number of nitrogens with zero attached hydrogens (tertiary/aromatic N) is 1. The number of rotatable bonds is 9. The predicted octanol–water partition coefficient (Wildman–Crippen LogP) is 3.79. The molecule has 0 saturated heterocycles. The zero-order chi connectivity index (χ0) is 20.4. The van der Waals surface area contributed by atoms with Gasteiger partial charge in [-0.2, -0.15) is 5.26 Å². The number of ether oxygens (including phenoxy) is 1. The van der Waals surface area contributed by atoms with E-state index in [0.29, 0.717) is 42.9 Å². The number of phenolic OH excluding ortho intramolecular Hbond substituents is 1. The molecule has 2 rings (SSSR count). The molecule has 0 spiro atoms. The van der Waals surface area contributed by atoms with Crippen molar-refractivity contribution >= 4 is 12.0 Å². The maximum absolute atomic E-state index is 12.4. The van der Waals surface area contributed by atoms with Gasteiger partial charge >= 0.3 is 0 Å². The standard InChI is InChI=1S/C23H24N2O3/c1-3-8-19-13-18(15-21(22(19)26)28-4-2)14-20(16-24)23(27)25-12-11-17-9-6-5-7-10-17/h3,5-7,9-10,13-15,26H,1,4,8,11-12H2,2H3,(H,25,27)/b20-14+. The van der Waals surface area contributed by atoms with Gasteiger partial charge in [-0.1, -0.05) is 36.4 Å². The van der Waals surface area contributed by atoms with Crippen molar-refractivity contribution in [2.24, 2.45) is 0 Å². The fourth-order valence-electron chi connectivity index (χ4n) is 2.72. The third-order valence-electron chi connectivity index (χ3n) is 4.06. The summed E-state index contributed by atoms with van der Waals surface area (Å²) in [5.74, 6) is -0.0747. The average molecular weight is 376 g/mol. The molecule has 0 aliphatic carbocycles. The molecule has 0 aliphatic rings. The minimum atomic E-state index is -0.435. The van der Waals surface area contributed by atoms with Gasteiger partial charge in [0.1, 0.15) is 11.6 Å². The van der Waals surface area contributed by atoms with Crippen LogP contribution in [0.25, 0.3) is 6.08 Å². The Morgan fingerprint density at radius 1 is 1.32 bits per heavy atom. The first-order valence-electron chi connectivity index (χ1n) is 9.12. The summed E-state index contributed by atoms with van der Waals surface area (Å²) in [5.41, 5.74) is 2.33. The number of aromatic hydroxyl groups is 1. The molecule has 0 bridgehead atoms. The fourth-order valence-corrected chi connectivity index (χ4v) is 2.72. The van der Waals surface area contributed by atoms with Crippen LogP contribution in [0.2, 0.25) is 0 Å². The first-order chi connectivity index (χ1) is 13.6. The van der Waals surface area contributed by atoms with Crippen molar-refractivity contribution in [3.63, 3.8) is 0 Å². The molecule has 2 aromatic carbocycles. The number of phenols is 1. The molecule has 2 N–H and O–H groups in total. The minimum Gasteiger partial charge on any atom is -0.504 e. The largest absolute Gasteiger partial charge is 0.504 e. The summed E-state index contributed by atoms with van der Waals surface area (Å²) in [4.78, 5) is 12.4. The summed E-state index contributed by atoms with van der Waals surface area (Å²) in [6.45, 7) is 6.32. The van der Waals surface area contributed by atoms with Crippen molar-refractivity contribution in [2.45, 2.75) is 19.8 Å². The number of carbonyl (C=O) groups is 1. The molecule has 0 aliphatic heterocycles. The smallest absolute Gasteiger partial charge is 0.261 e. The molecule has 0 saturated carbocycles. The molecule has 0 radical (unpaired) electrons. The Hall–Kier alpha value is -3.52. The van der Waals surface area contributed by atoms with Gasteiger partial charge in [-0.25, -0.2) is 0 Å². The fraction of sp³-hybridized carbons (Fsp3) is 0.217. The molecule has 0 heterocycles. The van der Waals surface area contributed by atoms with Crippen LogP contribution in [0.5, 0.6) is 11.5 Å². The third kappa shape index (κ3) is 5.75. The molecule has 0 fully saturated rings. The Balaban J connectivity index is 2.16. The molecule has 2 aromatic rings. The topological polar surface area (TPSA) is 82.4 Å². The van der Waals surface area contributed by atoms with Crippen molar-refractivity contribution in [1.29, 1.82) is 5.26 Å². The second kappa shape index (κ2) is 10.6. The normalized spacial score (nSPS) is 10.8. The summed E-state index contributed by atoms with van der Waals surface area (Å²) >= 11 is 0. The molecular formula is C23H24N2O3. The van der Waals surface area contributed by atoms with Gasteiger partial charge in [-0.05, 0) is 49.1 Å². The van der Waals surface area contributed by atoms with Gasteiger partial charge in [-0.3, -0.25) is 4.79 Å². The minimum absolute atomic E-state index is 0.00856. The molecule has 0 atom stereocenters. The summed E-state index contributed by atoms with van der Waals surface area (Å²) in [7, 11) is 0. The Labute approximate surface area is 165 Å². The number of hydrogen-bond donors (Lipinski definition) is 2. The molecule has 5 nitrogen and oxygen atoms in total. The lowest BCUT2D eigenvalue weighted by Gasteiger charge is -2.11. The van der Waals surface area contributed by atoms with Gasteiger partial charge in [0.15, 0.2) is 11.5 Å². The number of nitrogens with one attached hydrogen (secondary N) is 1. The van der Waals surface area contributed by atoms with E-state index in [1.54, 1.807) is 18.2 Å². The molecule has 144 valence electrons. The van der Waals surface area contributed by atoms with Crippen molar-refractivity contribution in [3.05, 3.63) is 77.4 Å². The Morgan fingerprint density at radius 2 is 2.07 bits per heavy atom. The second-order valence-corrected chi connectivity index (χ2v) is 6.11. The number of benzene rings is 2. The predicted molar refractivity (Wildman–Crippen MR) is 110 cm³/mol. The summed E-state index contributed by atoms with van der Waals surface area (Å²) in [6, 6.07) is 15.1. The molecular weight excluding hydrogens is 352 g/mol. The zero-order valence-electron chi connectivity index (χ0n) is 15.9. The van der Waals surface area contributed by atoms with E-state index in [9.17, 15) is 15.2 Å². The van der Waals surface area contributed by atoms with E-state index < -0.39 is 5.91 Å². The second-order valence-electron chi connectivity index (χ2n) is 6.11. The number of hydrogen-bond acceptors (Lipinski definition) is 4. The van der Waals surface area contributed by atoms with Crippen LogP contribution >= 0.6 is 0 Å². The van der Waals surface area contributed by atoms with Crippen LogP contribution in [0.3, 0.4) is 0 Å². The number of nitriles is 1. The highest BCUT2D eigenvalue weighted by Gasteiger charge is 2.13. The zero-order valence-corrected chi connectivity index (χ0v) is 15.9. The lowest BCUT2D eigenvalue weighted by Crippen LogP contribution is -2.26. The van der Waals surface area contributed by atoms with Crippen LogP contribution in [0.15, 0.2) is 60.7 Å². The van der Waals surface area contributed by atoms with Crippen LogP contribution in [0, 0.1) is 11.3 Å². The maximum Gasteiger partial charge on any atom is 0.261 e. The lowest BCUT2D eigenvalue weighted by atomic mass is 10.0. The number of amides is 1. The first kappa shape index (κ1) is 20.8.